The standard InChI is InChI=1S/C20H24BrN5OS.C9H13N/c1-20(2)11-13-5-4-10-22-16-6-3-7-17(24-16)28-25-19(27)14-8-9-15(21)23-18(14)26(20)12-13;1-9(2,3)8-4-6-10-7-5-8/h3,6-9,13H,4-5,10-12H2,1-2H3,(H,22,24)(H,25,27);4-7H,1-3H3. The van der Waals surface area contributed by atoms with E-state index in [-0.39, 0.29) is 16.9 Å². The van der Waals surface area contributed by atoms with E-state index in [4.69, 9.17) is 4.98 Å². The fraction of sp³-hybridized carbons (Fsp3) is 0.448. The van der Waals surface area contributed by atoms with Gasteiger partial charge in [-0.3, -0.25) is 14.5 Å². The van der Waals surface area contributed by atoms with Crippen LogP contribution in [0.5, 0.6) is 0 Å². The number of carbonyl (C=O) groups excluding carboxylic acids is 1. The zero-order chi connectivity index (χ0) is 27.3. The average Bonchev–Trinajstić information content (AvgIpc) is 3.19. The highest BCUT2D eigenvalue weighted by molar-refractivity contribution is 9.10. The Balaban J connectivity index is 0.000000283. The molecule has 0 aromatic carbocycles. The summed E-state index contributed by atoms with van der Waals surface area (Å²) in [5, 5.41) is 4.15. The Hall–Kier alpha value is -2.65. The van der Waals surface area contributed by atoms with Crippen LogP contribution < -0.4 is 14.9 Å². The molecule has 0 spiro atoms. The minimum Gasteiger partial charge on any atom is -0.370 e. The summed E-state index contributed by atoms with van der Waals surface area (Å²) in [4.78, 5) is 28.5. The van der Waals surface area contributed by atoms with Gasteiger partial charge in [0.2, 0.25) is 0 Å². The molecule has 5 heterocycles. The third-order valence-electron chi connectivity index (χ3n) is 6.91. The zero-order valence-electron chi connectivity index (χ0n) is 22.8. The smallest absolute Gasteiger partial charge is 0.265 e. The second-order valence-corrected chi connectivity index (χ2v) is 13.1. The third-order valence-corrected chi connectivity index (χ3v) is 8.08. The first-order valence-electron chi connectivity index (χ1n) is 13.1. The average molecular weight is 598 g/mol. The monoisotopic (exact) mass is 596 g/mol. The lowest BCUT2D eigenvalue weighted by atomic mass is 9.88. The second kappa shape index (κ2) is 12.0. The van der Waals surface area contributed by atoms with Gasteiger partial charge in [-0.15, -0.1) is 0 Å². The largest absolute Gasteiger partial charge is 0.370 e. The van der Waals surface area contributed by atoms with E-state index < -0.39 is 0 Å². The normalized spacial score (nSPS) is 19.1. The van der Waals surface area contributed by atoms with Gasteiger partial charge in [0.15, 0.2) is 0 Å². The second-order valence-electron chi connectivity index (χ2n) is 11.4. The third kappa shape index (κ3) is 7.26. The number of amides is 1. The molecule has 4 bridgehead atoms. The number of rotatable bonds is 0. The van der Waals surface area contributed by atoms with E-state index in [1.54, 1.807) is 0 Å². The molecule has 7 nitrogen and oxygen atoms in total. The van der Waals surface area contributed by atoms with Crippen molar-refractivity contribution in [1.82, 2.24) is 19.7 Å². The van der Waals surface area contributed by atoms with Gasteiger partial charge in [0.1, 0.15) is 21.3 Å². The van der Waals surface area contributed by atoms with Crippen molar-refractivity contribution in [2.75, 3.05) is 23.3 Å². The number of pyridine rings is 3. The van der Waals surface area contributed by atoms with Crippen molar-refractivity contribution in [1.29, 1.82) is 0 Å². The van der Waals surface area contributed by atoms with Gasteiger partial charge < -0.3 is 10.2 Å². The molecule has 3 aromatic rings. The van der Waals surface area contributed by atoms with Crippen molar-refractivity contribution in [3.63, 3.8) is 0 Å². The van der Waals surface area contributed by atoms with Crippen molar-refractivity contribution in [3.8, 4) is 0 Å². The maximum Gasteiger partial charge on any atom is 0.265 e. The van der Waals surface area contributed by atoms with Crippen LogP contribution in [0.15, 0.2) is 64.5 Å². The summed E-state index contributed by atoms with van der Waals surface area (Å²) < 4.78 is 3.67. The fourth-order valence-electron chi connectivity index (χ4n) is 4.94. The summed E-state index contributed by atoms with van der Waals surface area (Å²) in [6.07, 6.45) is 6.98. The van der Waals surface area contributed by atoms with Crippen LogP contribution in [-0.2, 0) is 5.41 Å². The molecule has 9 heteroatoms. The lowest BCUT2D eigenvalue weighted by Gasteiger charge is -2.33. The SMILES string of the molecule is CC(C)(C)c1ccncc1.CC1(C)CC2CCCNc3cccc(n3)SNC(=O)c3ccc(Br)nc3N1C2. The molecule has 1 atom stereocenters. The number of fused-ring (bicyclic) bond motifs is 6. The molecule has 0 radical (unpaired) electrons. The number of hydrogen-bond acceptors (Lipinski definition) is 7. The molecule has 1 saturated heterocycles. The number of carbonyl (C=O) groups is 1. The molecule has 2 N–H and O–H groups in total. The number of halogens is 1. The summed E-state index contributed by atoms with van der Waals surface area (Å²) in [6.45, 7) is 12.9. The van der Waals surface area contributed by atoms with Gasteiger partial charge in [-0.25, -0.2) is 9.97 Å². The number of nitrogens with zero attached hydrogens (tertiary/aromatic N) is 4. The zero-order valence-corrected chi connectivity index (χ0v) is 25.2. The van der Waals surface area contributed by atoms with Crippen LogP contribution in [0, 0.1) is 5.92 Å². The van der Waals surface area contributed by atoms with Gasteiger partial charge in [-0.05, 0) is 102 Å². The van der Waals surface area contributed by atoms with Gasteiger partial charge in [-0.1, -0.05) is 26.8 Å². The molecule has 5 rings (SSSR count). The molecular formula is C29H37BrN6OS. The lowest BCUT2D eigenvalue weighted by Crippen LogP contribution is -2.40. The molecular weight excluding hydrogens is 560 g/mol. The van der Waals surface area contributed by atoms with Crippen LogP contribution in [0.2, 0.25) is 0 Å². The lowest BCUT2D eigenvalue weighted by molar-refractivity contribution is 0.0984. The van der Waals surface area contributed by atoms with Crippen molar-refractivity contribution in [2.45, 2.75) is 69.9 Å². The summed E-state index contributed by atoms with van der Waals surface area (Å²) in [6, 6.07) is 13.6. The van der Waals surface area contributed by atoms with Crippen LogP contribution in [0.4, 0.5) is 11.6 Å². The van der Waals surface area contributed by atoms with E-state index in [1.165, 1.54) is 17.5 Å². The van der Waals surface area contributed by atoms with Crippen molar-refractivity contribution in [3.05, 3.63) is 70.6 Å². The highest BCUT2D eigenvalue weighted by atomic mass is 79.9. The highest BCUT2D eigenvalue weighted by Gasteiger charge is 2.40. The van der Waals surface area contributed by atoms with Crippen LogP contribution in [0.1, 0.15) is 69.8 Å². The predicted octanol–water partition coefficient (Wildman–Crippen LogP) is 6.87. The van der Waals surface area contributed by atoms with Gasteiger partial charge in [0, 0.05) is 43.0 Å². The predicted molar refractivity (Wildman–Crippen MR) is 160 cm³/mol. The molecule has 0 saturated carbocycles. The fourth-order valence-corrected chi connectivity index (χ4v) is 5.84. The number of anilines is 2. The summed E-state index contributed by atoms with van der Waals surface area (Å²) in [7, 11) is 0. The molecule has 2 aliphatic heterocycles. The van der Waals surface area contributed by atoms with Gasteiger partial charge in [0.05, 0.1) is 5.56 Å². The highest BCUT2D eigenvalue weighted by Crippen LogP contribution is 2.39. The molecule has 2 aliphatic rings. The maximum absolute atomic E-state index is 13.0. The maximum atomic E-state index is 13.0. The van der Waals surface area contributed by atoms with Gasteiger partial charge in [0.25, 0.3) is 5.91 Å². The molecule has 0 aliphatic carbocycles. The summed E-state index contributed by atoms with van der Waals surface area (Å²) in [5.41, 5.74) is 2.14. The summed E-state index contributed by atoms with van der Waals surface area (Å²) >= 11 is 4.70. The summed E-state index contributed by atoms with van der Waals surface area (Å²) in [5.74, 6) is 2.00. The Bertz CT molecular complexity index is 1250. The van der Waals surface area contributed by atoms with Crippen molar-refractivity contribution >= 4 is 45.4 Å². The molecule has 1 unspecified atom stereocenters. The molecule has 202 valence electrons. The van der Waals surface area contributed by atoms with E-state index in [2.05, 4.69) is 87.6 Å². The Labute approximate surface area is 238 Å². The van der Waals surface area contributed by atoms with Crippen LogP contribution in [0.25, 0.3) is 0 Å². The molecule has 1 amide bonds. The van der Waals surface area contributed by atoms with E-state index in [1.807, 2.05) is 42.7 Å². The Morgan fingerprint density at radius 2 is 1.84 bits per heavy atom. The first-order chi connectivity index (χ1) is 18.0. The van der Waals surface area contributed by atoms with Crippen LogP contribution in [-0.4, -0.2) is 39.5 Å². The number of hydrogen-bond donors (Lipinski definition) is 2. The van der Waals surface area contributed by atoms with Crippen LogP contribution in [0.3, 0.4) is 0 Å². The topological polar surface area (TPSA) is 83.0 Å². The Kier molecular flexibility index (Phi) is 8.98. The molecule has 3 aromatic heterocycles. The minimum absolute atomic E-state index is 0.0447. The van der Waals surface area contributed by atoms with E-state index >= 15 is 0 Å². The van der Waals surface area contributed by atoms with Gasteiger partial charge >= 0.3 is 0 Å². The van der Waals surface area contributed by atoms with E-state index in [9.17, 15) is 4.79 Å². The molecule has 38 heavy (non-hydrogen) atoms. The first kappa shape index (κ1) is 28.4. The van der Waals surface area contributed by atoms with Crippen molar-refractivity contribution in [2.24, 2.45) is 5.92 Å². The minimum atomic E-state index is -0.158. The number of nitrogens with one attached hydrogen (secondary N) is 2. The Morgan fingerprint density at radius 3 is 2.55 bits per heavy atom. The quantitative estimate of drug-likeness (QED) is 0.216. The number of aromatic nitrogens is 3. The molecule has 1 fully saturated rings. The van der Waals surface area contributed by atoms with E-state index in [0.717, 1.165) is 53.6 Å². The Morgan fingerprint density at radius 1 is 1.08 bits per heavy atom. The van der Waals surface area contributed by atoms with Crippen LogP contribution >= 0.6 is 27.9 Å². The van der Waals surface area contributed by atoms with Crippen molar-refractivity contribution < 1.29 is 4.79 Å². The van der Waals surface area contributed by atoms with E-state index in [0.29, 0.717) is 11.5 Å². The first-order valence-corrected chi connectivity index (χ1v) is 14.7. The van der Waals surface area contributed by atoms with Gasteiger partial charge in [-0.2, -0.15) is 0 Å².